The molecule has 1 aliphatic rings. The predicted octanol–water partition coefficient (Wildman–Crippen LogP) is 4.42. The topological polar surface area (TPSA) is 175 Å². The number of benzene rings is 3. The third-order valence-electron chi connectivity index (χ3n) is 7.02. The highest BCUT2D eigenvalue weighted by molar-refractivity contribution is 7.07. The first-order chi connectivity index (χ1) is 22.1. The van der Waals surface area contributed by atoms with Gasteiger partial charge in [-0.25, -0.2) is 9.79 Å². The van der Waals surface area contributed by atoms with Gasteiger partial charge in [-0.05, 0) is 49.8 Å². The molecule has 0 bridgehead atoms. The van der Waals surface area contributed by atoms with Crippen molar-refractivity contribution in [2.45, 2.75) is 19.9 Å². The SMILES string of the molecule is CCOC(=O)C1=C(C)N=c2s/c(=C\c3ccccc3Oc3ccc([N+](=O)[O-])cc3[N+](=O)[O-])c(=O)n2[C@H]1c1ccc(OC)c(OC)c1. The maximum Gasteiger partial charge on any atom is 0.338 e. The average Bonchev–Trinajstić information content (AvgIpc) is 3.34. The van der Waals surface area contributed by atoms with Gasteiger partial charge in [0, 0.05) is 11.6 Å². The number of fused-ring (bicyclic) bond motifs is 1. The number of nitro groups is 2. The van der Waals surface area contributed by atoms with E-state index in [1.807, 2.05) is 0 Å². The number of carbonyl (C=O) groups excluding carboxylic acids is 1. The lowest BCUT2D eigenvalue weighted by Crippen LogP contribution is -2.40. The van der Waals surface area contributed by atoms with E-state index in [4.69, 9.17) is 18.9 Å². The second-order valence-electron chi connectivity index (χ2n) is 9.72. The quantitative estimate of drug-likeness (QED) is 0.136. The summed E-state index contributed by atoms with van der Waals surface area (Å²) in [6.07, 6.45) is 1.55. The first kappa shape index (κ1) is 31.6. The Morgan fingerprint density at radius 3 is 2.37 bits per heavy atom. The Morgan fingerprint density at radius 1 is 0.978 bits per heavy atom. The number of hydrogen-bond acceptors (Lipinski definition) is 12. The van der Waals surface area contributed by atoms with Crippen LogP contribution >= 0.6 is 11.3 Å². The minimum absolute atomic E-state index is 0.113. The molecular weight excluding hydrogens is 620 g/mol. The van der Waals surface area contributed by atoms with Gasteiger partial charge in [-0.15, -0.1) is 0 Å². The fraction of sp³-hybridized carbons (Fsp3) is 0.194. The average molecular weight is 647 g/mol. The van der Waals surface area contributed by atoms with Crippen LogP contribution in [0.4, 0.5) is 11.4 Å². The molecule has 0 aliphatic carbocycles. The van der Waals surface area contributed by atoms with Gasteiger partial charge in [0.1, 0.15) is 5.75 Å². The highest BCUT2D eigenvalue weighted by Gasteiger charge is 2.34. The smallest absolute Gasteiger partial charge is 0.338 e. The summed E-state index contributed by atoms with van der Waals surface area (Å²) >= 11 is 1.08. The van der Waals surface area contributed by atoms with Crippen LogP contribution in [0, 0.1) is 20.2 Å². The number of allylic oxidation sites excluding steroid dienone is 1. The Labute approximate surface area is 264 Å². The van der Waals surface area contributed by atoms with E-state index in [1.165, 1.54) is 18.8 Å². The van der Waals surface area contributed by atoms with Crippen molar-refractivity contribution in [3.63, 3.8) is 0 Å². The van der Waals surface area contributed by atoms with Crippen LogP contribution in [0.15, 0.2) is 81.7 Å². The molecule has 46 heavy (non-hydrogen) atoms. The summed E-state index contributed by atoms with van der Waals surface area (Å²) in [6, 6.07) is 13.7. The molecule has 0 amide bonds. The summed E-state index contributed by atoms with van der Waals surface area (Å²) < 4.78 is 23.7. The molecule has 2 heterocycles. The number of ether oxygens (including phenoxy) is 4. The standard InChI is InChI=1S/C31H26N4O10S/c1-5-44-30(37)27-17(2)32-31-33(28(27)19-10-12-24(42-3)25(14-19)43-4)29(36)26(46-31)15-18-8-6-7-9-22(18)45-23-13-11-20(34(38)39)16-21(23)35(40)41/h6-16,28H,5H2,1-4H3/b26-15-/t28-/m0/s1. The minimum atomic E-state index is -0.911. The number of rotatable bonds is 10. The van der Waals surface area contributed by atoms with Gasteiger partial charge in [-0.2, -0.15) is 0 Å². The van der Waals surface area contributed by atoms with Crippen molar-refractivity contribution in [1.29, 1.82) is 0 Å². The summed E-state index contributed by atoms with van der Waals surface area (Å²) in [7, 11) is 2.97. The normalized spacial score (nSPS) is 14.3. The van der Waals surface area contributed by atoms with Crippen LogP contribution in [-0.4, -0.2) is 41.2 Å². The summed E-state index contributed by atoms with van der Waals surface area (Å²) in [5.74, 6) is 0.167. The Morgan fingerprint density at radius 2 is 1.70 bits per heavy atom. The zero-order valence-corrected chi connectivity index (χ0v) is 25.7. The van der Waals surface area contributed by atoms with Crippen LogP contribution < -0.4 is 29.1 Å². The van der Waals surface area contributed by atoms with E-state index >= 15 is 0 Å². The molecule has 5 rings (SSSR count). The van der Waals surface area contributed by atoms with Crippen molar-refractivity contribution in [3.8, 4) is 23.0 Å². The number of carbonyl (C=O) groups is 1. The Balaban J connectivity index is 1.66. The molecule has 0 saturated carbocycles. The lowest BCUT2D eigenvalue weighted by Gasteiger charge is -2.25. The molecule has 1 aromatic heterocycles. The molecule has 0 unspecified atom stereocenters. The number of hydrogen-bond donors (Lipinski definition) is 0. The Bertz CT molecular complexity index is 2100. The molecule has 0 spiro atoms. The van der Waals surface area contributed by atoms with Gasteiger partial charge in [0.05, 0.1) is 58.6 Å². The van der Waals surface area contributed by atoms with Crippen molar-refractivity contribution >= 4 is 34.8 Å². The van der Waals surface area contributed by atoms with Crippen molar-refractivity contribution in [2.75, 3.05) is 20.8 Å². The van der Waals surface area contributed by atoms with Crippen LogP contribution in [0.1, 0.15) is 31.0 Å². The third kappa shape index (κ3) is 5.95. The van der Waals surface area contributed by atoms with E-state index in [0.29, 0.717) is 33.1 Å². The van der Waals surface area contributed by atoms with Crippen LogP contribution in [-0.2, 0) is 9.53 Å². The first-order valence-electron chi connectivity index (χ1n) is 13.7. The first-order valence-corrected chi connectivity index (χ1v) is 14.5. The fourth-order valence-electron chi connectivity index (χ4n) is 4.93. The van der Waals surface area contributed by atoms with E-state index in [-0.39, 0.29) is 28.2 Å². The van der Waals surface area contributed by atoms with Gasteiger partial charge in [-0.3, -0.25) is 29.6 Å². The molecule has 0 fully saturated rings. The zero-order valence-electron chi connectivity index (χ0n) is 24.9. The largest absolute Gasteiger partial charge is 0.493 e. The van der Waals surface area contributed by atoms with Gasteiger partial charge in [0.15, 0.2) is 16.3 Å². The van der Waals surface area contributed by atoms with Gasteiger partial charge in [-0.1, -0.05) is 35.6 Å². The molecule has 4 aromatic rings. The Kier molecular flexibility index (Phi) is 8.95. The van der Waals surface area contributed by atoms with Crippen LogP contribution in [0.25, 0.3) is 6.08 Å². The van der Waals surface area contributed by atoms with E-state index in [1.54, 1.807) is 62.4 Å². The van der Waals surface area contributed by atoms with Crippen molar-refractivity contribution in [3.05, 3.63) is 123 Å². The second kappa shape index (κ2) is 13.0. The lowest BCUT2D eigenvalue weighted by atomic mass is 9.95. The van der Waals surface area contributed by atoms with Crippen LogP contribution in [0.2, 0.25) is 0 Å². The number of para-hydroxylation sites is 1. The number of methoxy groups -OCH3 is 2. The number of esters is 1. The van der Waals surface area contributed by atoms with E-state index in [2.05, 4.69) is 4.99 Å². The van der Waals surface area contributed by atoms with E-state index < -0.39 is 38.8 Å². The summed E-state index contributed by atoms with van der Waals surface area (Å²) in [5.41, 5.74) is -0.0204. The van der Waals surface area contributed by atoms with E-state index in [9.17, 15) is 29.8 Å². The molecule has 15 heteroatoms. The molecule has 1 atom stereocenters. The van der Waals surface area contributed by atoms with Crippen molar-refractivity contribution in [2.24, 2.45) is 4.99 Å². The maximum absolute atomic E-state index is 14.1. The summed E-state index contributed by atoms with van der Waals surface area (Å²) in [4.78, 5) is 53.5. The number of aromatic nitrogens is 1. The molecule has 14 nitrogen and oxygen atoms in total. The van der Waals surface area contributed by atoms with E-state index in [0.717, 1.165) is 29.5 Å². The van der Waals surface area contributed by atoms with Crippen molar-refractivity contribution < 1.29 is 33.6 Å². The molecular formula is C31H26N4O10S. The van der Waals surface area contributed by atoms with Gasteiger partial charge >= 0.3 is 11.7 Å². The monoisotopic (exact) mass is 646 g/mol. The van der Waals surface area contributed by atoms with Crippen LogP contribution in [0.5, 0.6) is 23.0 Å². The lowest BCUT2D eigenvalue weighted by molar-refractivity contribution is -0.394. The highest BCUT2D eigenvalue weighted by atomic mass is 32.1. The van der Waals surface area contributed by atoms with Crippen molar-refractivity contribution in [1.82, 2.24) is 4.57 Å². The second-order valence-corrected chi connectivity index (χ2v) is 10.7. The maximum atomic E-state index is 14.1. The zero-order chi connectivity index (χ0) is 33.1. The van der Waals surface area contributed by atoms with Gasteiger partial charge < -0.3 is 18.9 Å². The predicted molar refractivity (Wildman–Crippen MR) is 166 cm³/mol. The molecule has 0 saturated heterocycles. The van der Waals surface area contributed by atoms with Crippen LogP contribution in [0.3, 0.4) is 0 Å². The summed E-state index contributed by atoms with van der Waals surface area (Å²) in [5, 5.41) is 22.8. The molecule has 0 N–H and O–H groups in total. The number of nitro benzene ring substituents is 2. The highest BCUT2D eigenvalue weighted by Crippen LogP contribution is 2.37. The number of nitrogens with zero attached hydrogens (tertiary/aromatic N) is 4. The van der Waals surface area contributed by atoms with Gasteiger partial charge in [0.2, 0.25) is 5.75 Å². The number of thiazole rings is 1. The van der Waals surface area contributed by atoms with Gasteiger partial charge in [0.25, 0.3) is 11.2 Å². The fourth-order valence-corrected chi connectivity index (χ4v) is 5.97. The molecule has 1 aliphatic heterocycles. The number of non-ortho nitro benzene ring substituents is 1. The molecule has 236 valence electrons. The molecule has 3 aromatic carbocycles. The molecule has 0 radical (unpaired) electrons. The third-order valence-corrected chi connectivity index (χ3v) is 8.00. The Hall–Kier alpha value is -5.83. The summed E-state index contributed by atoms with van der Waals surface area (Å²) in [6.45, 7) is 3.46. The minimum Gasteiger partial charge on any atom is -0.493 e.